The second-order valence-corrected chi connectivity index (χ2v) is 3.75. The highest BCUT2D eigenvalue weighted by atomic mass is 16.3. The van der Waals surface area contributed by atoms with Gasteiger partial charge in [-0.1, -0.05) is 43.7 Å². The van der Waals surface area contributed by atoms with Crippen LogP contribution in [0.5, 0.6) is 0 Å². The van der Waals surface area contributed by atoms with Gasteiger partial charge in [0.2, 0.25) is 0 Å². The normalized spacial score (nSPS) is 15.1. The third-order valence-corrected chi connectivity index (χ3v) is 2.60. The summed E-state index contributed by atoms with van der Waals surface area (Å²) in [6.07, 6.45) is 2.58. The van der Waals surface area contributed by atoms with E-state index in [1.54, 1.807) is 0 Å². The van der Waals surface area contributed by atoms with Gasteiger partial charge in [-0.15, -0.1) is 0 Å². The molecule has 0 aliphatic heterocycles. The van der Waals surface area contributed by atoms with Gasteiger partial charge < -0.3 is 10.8 Å². The predicted octanol–water partition coefficient (Wildman–Crippen LogP) is 2.02. The first-order valence-corrected chi connectivity index (χ1v) is 5.18. The number of nitrogens with two attached hydrogens (primary N) is 1. The van der Waals surface area contributed by atoms with Crippen LogP contribution in [-0.2, 0) is 5.54 Å². The van der Waals surface area contributed by atoms with E-state index in [4.69, 9.17) is 10.8 Å². The Morgan fingerprint density at radius 3 is 2.36 bits per heavy atom. The molecule has 3 N–H and O–H groups in total. The molecule has 0 amide bonds. The maximum absolute atomic E-state index is 9.01. The lowest BCUT2D eigenvalue weighted by molar-refractivity contribution is 0.230. The van der Waals surface area contributed by atoms with E-state index in [0.29, 0.717) is 6.42 Å². The molecular formula is C12H19NO. The minimum Gasteiger partial charge on any atom is -0.396 e. The molecule has 0 aromatic heterocycles. The molecule has 0 aliphatic carbocycles. The van der Waals surface area contributed by atoms with E-state index in [2.05, 4.69) is 6.92 Å². The van der Waals surface area contributed by atoms with Gasteiger partial charge in [-0.3, -0.25) is 0 Å². The van der Waals surface area contributed by atoms with Gasteiger partial charge in [0, 0.05) is 12.1 Å². The van der Waals surface area contributed by atoms with Gasteiger partial charge in [-0.05, 0) is 18.4 Å². The third kappa shape index (κ3) is 2.56. The largest absolute Gasteiger partial charge is 0.396 e. The molecule has 0 heterocycles. The van der Waals surface area contributed by atoms with Gasteiger partial charge >= 0.3 is 0 Å². The Bertz CT molecular complexity index is 252. The van der Waals surface area contributed by atoms with Gasteiger partial charge in [0.05, 0.1) is 0 Å². The second kappa shape index (κ2) is 5.13. The van der Waals surface area contributed by atoms with Crippen LogP contribution in [0.4, 0.5) is 0 Å². The van der Waals surface area contributed by atoms with Crippen LogP contribution in [0, 0.1) is 0 Å². The van der Waals surface area contributed by atoms with Crippen LogP contribution in [-0.4, -0.2) is 11.7 Å². The Morgan fingerprint density at radius 1 is 1.21 bits per heavy atom. The molecule has 0 bridgehead atoms. The smallest absolute Gasteiger partial charge is 0.0451 e. The predicted molar refractivity (Wildman–Crippen MR) is 58.9 cm³/mol. The van der Waals surface area contributed by atoms with Crippen LogP contribution < -0.4 is 5.73 Å². The molecule has 1 unspecified atom stereocenters. The third-order valence-electron chi connectivity index (χ3n) is 2.60. The summed E-state index contributed by atoms with van der Waals surface area (Å²) in [7, 11) is 0. The van der Waals surface area contributed by atoms with Gasteiger partial charge in [-0.25, -0.2) is 0 Å². The van der Waals surface area contributed by atoms with Crippen molar-refractivity contribution < 1.29 is 5.11 Å². The van der Waals surface area contributed by atoms with E-state index >= 15 is 0 Å². The van der Waals surface area contributed by atoms with Crippen molar-refractivity contribution in [2.45, 2.75) is 31.7 Å². The summed E-state index contributed by atoms with van der Waals surface area (Å²) in [6.45, 7) is 2.26. The lowest BCUT2D eigenvalue weighted by atomic mass is 9.84. The molecule has 14 heavy (non-hydrogen) atoms. The zero-order chi connectivity index (χ0) is 10.4. The summed E-state index contributed by atoms with van der Waals surface area (Å²) in [4.78, 5) is 0. The van der Waals surface area contributed by atoms with Crippen molar-refractivity contribution in [1.29, 1.82) is 0 Å². The molecule has 1 rings (SSSR count). The minimum atomic E-state index is -0.356. The molecule has 78 valence electrons. The van der Waals surface area contributed by atoms with Crippen LogP contribution in [0.2, 0.25) is 0 Å². The maximum atomic E-state index is 9.01. The standard InChI is InChI=1S/C12H19NO/c1-2-8-12(13,9-10-14)11-6-4-3-5-7-11/h3-7,14H,2,8-10,13H2,1H3. The number of hydrogen-bond donors (Lipinski definition) is 2. The Balaban J connectivity index is 2.87. The second-order valence-electron chi connectivity index (χ2n) is 3.75. The fourth-order valence-electron chi connectivity index (χ4n) is 1.83. The average molecular weight is 193 g/mol. The van der Waals surface area contributed by atoms with Crippen LogP contribution in [0.15, 0.2) is 30.3 Å². The SMILES string of the molecule is CCCC(N)(CCO)c1ccccc1. The van der Waals surface area contributed by atoms with E-state index in [-0.39, 0.29) is 12.1 Å². The topological polar surface area (TPSA) is 46.2 Å². The Labute approximate surface area is 85.8 Å². The lowest BCUT2D eigenvalue weighted by Gasteiger charge is -2.29. The highest BCUT2D eigenvalue weighted by Gasteiger charge is 2.24. The molecule has 0 fully saturated rings. The van der Waals surface area contributed by atoms with Crippen molar-refractivity contribution >= 4 is 0 Å². The molecule has 1 atom stereocenters. The summed E-state index contributed by atoms with van der Waals surface area (Å²) < 4.78 is 0. The van der Waals surface area contributed by atoms with E-state index in [9.17, 15) is 0 Å². The van der Waals surface area contributed by atoms with Crippen molar-refractivity contribution in [3.8, 4) is 0 Å². The summed E-state index contributed by atoms with van der Waals surface area (Å²) in [5.74, 6) is 0. The number of hydrogen-bond acceptors (Lipinski definition) is 2. The van der Waals surface area contributed by atoms with Crippen LogP contribution in [0.3, 0.4) is 0 Å². The van der Waals surface area contributed by atoms with Gasteiger partial charge in [0.1, 0.15) is 0 Å². The Hall–Kier alpha value is -0.860. The van der Waals surface area contributed by atoms with Crippen LogP contribution in [0.1, 0.15) is 31.7 Å². The van der Waals surface area contributed by atoms with E-state index in [0.717, 1.165) is 18.4 Å². The zero-order valence-electron chi connectivity index (χ0n) is 8.74. The highest BCUT2D eigenvalue weighted by molar-refractivity contribution is 5.23. The molecule has 1 aromatic rings. The Kier molecular flexibility index (Phi) is 4.11. The number of aliphatic hydroxyl groups excluding tert-OH is 1. The Morgan fingerprint density at radius 2 is 1.86 bits per heavy atom. The van der Waals surface area contributed by atoms with Crippen molar-refractivity contribution in [2.75, 3.05) is 6.61 Å². The van der Waals surface area contributed by atoms with Crippen molar-refractivity contribution in [3.63, 3.8) is 0 Å². The van der Waals surface area contributed by atoms with Crippen LogP contribution >= 0.6 is 0 Å². The van der Waals surface area contributed by atoms with Crippen molar-refractivity contribution in [3.05, 3.63) is 35.9 Å². The van der Waals surface area contributed by atoms with Crippen LogP contribution in [0.25, 0.3) is 0 Å². The summed E-state index contributed by atoms with van der Waals surface area (Å²) in [5.41, 5.74) is 7.05. The fraction of sp³-hybridized carbons (Fsp3) is 0.500. The van der Waals surface area contributed by atoms with Gasteiger partial charge in [0.25, 0.3) is 0 Å². The van der Waals surface area contributed by atoms with Crippen molar-refractivity contribution in [1.82, 2.24) is 0 Å². The summed E-state index contributed by atoms with van der Waals surface area (Å²) in [5, 5.41) is 9.01. The molecule has 1 aromatic carbocycles. The minimum absolute atomic E-state index is 0.144. The zero-order valence-corrected chi connectivity index (χ0v) is 8.74. The molecule has 2 heteroatoms. The van der Waals surface area contributed by atoms with Gasteiger partial charge in [-0.2, -0.15) is 0 Å². The molecule has 2 nitrogen and oxygen atoms in total. The van der Waals surface area contributed by atoms with Gasteiger partial charge in [0.15, 0.2) is 0 Å². The first kappa shape index (κ1) is 11.2. The maximum Gasteiger partial charge on any atom is 0.0451 e. The molecule has 0 radical (unpaired) electrons. The van der Waals surface area contributed by atoms with E-state index < -0.39 is 0 Å². The number of benzene rings is 1. The number of aliphatic hydroxyl groups is 1. The molecule has 0 aliphatic rings. The van der Waals surface area contributed by atoms with E-state index in [1.165, 1.54) is 0 Å². The molecule has 0 saturated carbocycles. The van der Waals surface area contributed by atoms with Crippen molar-refractivity contribution in [2.24, 2.45) is 5.73 Å². The monoisotopic (exact) mass is 193 g/mol. The average Bonchev–Trinajstić information content (AvgIpc) is 2.20. The molecular weight excluding hydrogens is 174 g/mol. The lowest BCUT2D eigenvalue weighted by Crippen LogP contribution is -2.37. The quantitative estimate of drug-likeness (QED) is 0.751. The molecule has 0 saturated heterocycles. The fourth-order valence-corrected chi connectivity index (χ4v) is 1.83. The highest BCUT2D eigenvalue weighted by Crippen LogP contribution is 2.26. The first-order chi connectivity index (χ1) is 6.73. The summed E-state index contributed by atoms with van der Waals surface area (Å²) in [6, 6.07) is 10.0. The molecule has 0 spiro atoms. The van der Waals surface area contributed by atoms with E-state index in [1.807, 2.05) is 30.3 Å². The number of rotatable bonds is 5. The summed E-state index contributed by atoms with van der Waals surface area (Å²) >= 11 is 0. The first-order valence-electron chi connectivity index (χ1n) is 5.18.